The Kier molecular flexibility index (Phi) is 3.86. The number of carboxylic acids is 1. The van der Waals surface area contributed by atoms with Gasteiger partial charge in [0.1, 0.15) is 9.77 Å². The number of sulfonamides is 1. The summed E-state index contributed by atoms with van der Waals surface area (Å²) in [5.74, 6) is -2.18. The van der Waals surface area contributed by atoms with Crippen molar-refractivity contribution < 1.29 is 23.1 Å². The molecule has 94 valence electrons. The highest BCUT2D eigenvalue weighted by Gasteiger charge is 2.26. The average Bonchev–Trinajstić information content (AvgIpc) is 2.58. The molecule has 1 heterocycles. The number of carbonyl (C=O) groups is 2. The summed E-state index contributed by atoms with van der Waals surface area (Å²) in [4.78, 5) is 20.7. The first-order valence-electron chi connectivity index (χ1n) is 4.35. The third-order valence-electron chi connectivity index (χ3n) is 1.82. The maximum absolute atomic E-state index is 11.8. The molecule has 0 saturated heterocycles. The van der Waals surface area contributed by atoms with Crippen molar-refractivity contribution >= 4 is 33.2 Å². The summed E-state index contributed by atoms with van der Waals surface area (Å²) < 4.78 is 25.5. The smallest absolute Gasteiger partial charge is 0.347 e. The normalized spacial score (nSPS) is 11.4. The Balaban J connectivity index is 3.19. The van der Waals surface area contributed by atoms with Gasteiger partial charge in [-0.1, -0.05) is 0 Å². The molecule has 0 saturated carbocycles. The van der Waals surface area contributed by atoms with Crippen LogP contribution in [0.3, 0.4) is 0 Å². The van der Waals surface area contributed by atoms with Crippen molar-refractivity contribution in [2.45, 2.75) is 11.8 Å². The Morgan fingerprint density at radius 3 is 2.59 bits per heavy atom. The Morgan fingerprint density at radius 1 is 1.53 bits per heavy atom. The summed E-state index contributed by atoms with van der Waals surface area (Å²) >= 11 is 0.811. The van der Waals surface area contributed by atoms with Gasteiger partial charge in [-0.25, -0.2) is 17.9 Å². The fourth-order valence-electron chi connectivity index (χ4n) is 1.15. The van der Waals surface area contributed by atoms with Gasteiger partial charge in [0.25, 0.3) is 0 Å². The number of carbonyl (C=O) groups excluding carboxylic acids is 1. The summed E-state index contributed by atoms with van der Waals surface area (Å²) in [6.07, 6.45) is 0. The molecule has 7 nitrogen and oxygen atoms in total. The lowest BCUT2D eigenvalue weighted by Crippen LogP contribution is -2.34. The fraction of sp³-hybridized carbons (Fsp3) is 0.250. The van der Waals surface area contributed by atoms with E-state index in [4.69, 9.17) is 10.8 Å². The van der Waals surface area contributed by atoms with Crippen LogP contribution in [0.2, 0.25) is 0 Å². The molecule has 0 spiro atoms. The highest BCUT2D eigenvalue weighted by molar-refractivity contribution is 7.89. The van der Waals surface area contributed by atoms with E-state index in [2.05, 4.69) is 0 Å². The van der Waals surface area contributed by atoms with Crippen LogP contribution in [0.4, 0.5) is 0 Å². The Hall–Kier alpha value is -1.45. The Bertz CT molecular complexity index is 560. The lowest BCUT2D eigenvalue weighted by atomic mass is 10.3. The van der Waals surface area contributed by atoms with Crippen LogP contribution < -0.4 is 10.5 Å². The molecule has 0 radical (unpaired) electrons. The van der Waals surface area contributed by atoms with E-state index in [0.717, 1.165) is 11.3 Å². The summed E-state index contributed by atoms with van der Waals surface area (Å²) in [6, 6.07) is 0. The molecule has 0 bridgehead atoms. The summed E-state index contributed by atoms with van der Waals surface area (Å²) in [5, 5.41) is 10.3. The molecule has 1 aromatic heterocycles. The predicted octanol–water partition coefficient (Wildman–Crippen LogP) is -0.482. The maximum atomic E-state index is 11.8. The molecule has 0 unspecified atom stereocenters. The summed E-state index contributed by atoms with van der Waals surface area (Å²) in [7, 11) is -4.04. The lowest BCUT2D eigenvalue weighted by molar-refractivity contribution is -0.116. The van der Waals surface area contributed by atoms with E-state index in [9.17, 15) is 18.0 Å². The molecule has 0 atom stereocenters. The van der Waals surface area contributed by atoms with Crippen molar-refractivity contribution in [1.29, 1.82) is 0 Å². The standard InChI is InChI=1S/C8H10N2O5S2/c1-4-3-16-6(8(12)13)7(4)17(14,15)10-2-5(9)11/h3,10H,2H2,1H3,(H2,9,11)(H,12,13). The van der Waals surface area contributed by atoms with Crippen LogP contribution in [-0.4, -0.2) is 31.9 Å². The van der Waals surface area contributed by atoms with E-state index in [1.807, 2.05) is 4.72 Å². The maximum Gasteiger partial charge on any atom is 0.347 e. The second-order valence-corrected chi connectivity index (χ2v) is 5.76. The van der Waals surface area contributed by atoms with Gasteiger partial charge in [0.2, 0.25) is 15.9 Å². The van der Waals surface area contributed by atoms with E-state index < -0.39 is 28.4 Å². The average molecular weight is 278 g/mol. The molecule has 0 aliphatic heterocycles. The van der Waals surface area contributed by atoms with Crippen molar-refractivity contribution in [2.75, 3.05) is 6.54 Å². The van der Waals surface area contributed by atoms with E-state index in [-0.39, 0.29) is 9.77 Å². The molecule has 9 heteroatoms. The largest absolute Gasteiger partial charge is 0.477 e. The van der Waals surface area contributed by atoms with Crippen molar-refractivity contribution in [3.63, 3.8) is 0 Å². The van der Waals surface area contributed by atoms with Crippen molar-refractivity contribution in [3.05, 3.63) is 15.8 Å². The van der Waals surface area contributed by atoms with Gasteiger partial charge in [-0.05, 0) is 17.9 Å². The van der Waals surface area contributed by atoms with Gasteiger partial charge >= 0.3 is 5.97 Å². The molecule has 0 aromatic carbocycles. The number of nitrogens with one attached hydrogen (secondary N) is 1. The minimum atomic E-state index is -4.04. The molecule has 17 heavy (non-hydrogen) atoms. The molecule has 1 amide bonds. The lowest BCUT2D eigenvalue weighted by Gasteiger charge is -2.05. The number of thiophene rings is 1. The molecule has 0 aliphatic rings. The topological polar surface area (TPSA) is 127 Å². The molecule has 1 rings (SSSR count). The molecular weight excluding hydrogens is 268 g/mol. The van der Waals surface area contributed by atoms with Gasteiger partial charge in [-0.2, -0.15) is 0 Å². The zero-order valence-electron chi connectivity index (χ0n) is 8.76. The highest BCUT2D eigenvalue weighted by Crippen LogP contribution is 2.26. The zero-order valence-corrected chi connectivity index (χ0v) is 10.4. The number of aryl methyl sites for hydroxylation is 1. The van der Waals surface area contributed by atoms with Crippen LogP contribution in [0, 0.1) is 6.92 Å². The van der Waals surface area contributed by atoms with E-state index in [0.29, 0.717) is 5.56 Å². The Labute approximate surface area is 101 Å². The second kappa shape index (κ2) is 4.82. The van der Waals surface area contributed by atoms with Gasteiger partial charge in [-0.3, -0.25) is 4.79 Å². The minimum absolute atomic E-state index is 0.292. The first-order valence-corrected chi connectivity index (χ1v) is 6.71. The molecule has 0 fully saturated rings. The van der Waals surface area contributed by atoms with Gasteiger partial charge in [-0.15, -0.1) is 11.3 Å². The number of amides is 1. The third kappa shape index (κ3) is 3.02. The summed E-state index contributed by atoms with van der Waals surface area (Å²) in [5.41, 5.74) is 5.12. The second-order valence-electron chi connectivity index (χ2n) is 3.17. The molecule has 1 aromatic rings. The number of rotatable bonds is 5. The van der Waals surface area contributed by atoms with Gasteiger partial charge < -0.3 is 10.8 Å². The van der Waals surface area contributed by atoms with E-state index in [1.165, 1.54) is 12.3 Å². The van der Waals surface area contributed by atoms with Gasteiger partial charge in [0.15, 0.2) is 0 Å². The van der Waals surface area contributed by atoms with Crippen LogP contribution >= 0.6 is 11.3 Å². The monoisotopic (exact) mass is 278 g/mol. The zero-order chi connectivity index (χ0) is 13.2. The van der Waals surface area contributed by atoms with Gasteiger partial charge in [0, 0.05) is 0 Å². The predicted molar refractivity (Wildman–Crippen MR) is 60.4 cm³/mol. The first-order chi connectivity index (χ1) is 7.75. The number of hydrogen-bond acceptors (Lipinski definition) is 5. The quantitative estimate of drug-likeness (QED) is 0.670. The SMILES string of the molecule is Cc1csc(C(=O)O)c1S(=O)(=O)NCC(N)=O. The number of primary amides is 1. The first kappa shape index (κ1) is 13.6. The van der Waals surface area contributed by atoms with Crippen LogP contribution in [0.5, 0.6) is 0 Å². The number of hydrogen-bond donors (Lipinski definition) is 3. The van der Waals surface area contributed by atoms with Crippen molar-refractivity contribution in [2.24, 2.45) is 5.73 Å². The van der Waals surface area contributed by atoms with E-state index >= 15 is 0 Å². The number of nitrogens with two attached hydrogens (primary N) is 1. The van der Waals surface area contributed by atoms with Crippen LogP contribution in [0.15, 0.2) is 10.3 Å². The third-order valence-corrected chi connectivity index (χ3v) is 4.62. The number of aromatic carboxylic acids is 1. The summed E-state index contributed by atoms with van der Waals surface area (Å²) in [6.45, 7) is 0.901. The van der Waals surface area contributed by atoms with Crippen LogP contribution in [0.25, 0.3) is 0 Å². The van der Waals surface area contributed by atoms with Gasteiger partial charge in [0.05, 0.1) is 6.54 Å². The molecule has 0 aliphatic carbocycles. The van der Waals surface area contributed by atoms with E-state index in [1.54, 1.807) is 0 Å². The highest BCUT2D eigenvalue weighted by atomic mass is 32.2. The minimum Gasteiger partial charge on any atom is -0.477 e. The molecule has 4 N–H and O–H groups in total. The van der Waals surface area contributed by atoms with Crippen LogP contribution in [0.1, 0.15) is 15.2 Å². The number of carboxylic acid groups (broad SMARTS) is 1. The van der Waals surface area contributed by atoms with Crippen LogP contribution in [-0.2, 0) is 14.8 Å². The van der Waals surface area contributed by atoms with Crippen molar-refractivity contribution in [1.82, 2.24) is 4.72 Å². The fourth-order valence-corrected chi connectivity index (χ4v) is 3.77. The van der Waals surface area contributed by atoms with Crippen molar-refractivity contribution in [3.8, 4) is 0 Å². The Morgan fingerprint density at radius 2 is 2.12 bits per heavy atom. The molecular formula is C8H10N2O5S2.